The minimum absolute atomic E-state index is 0.0523. The zero-order valence-electron chi connectivity index (χ0n) is 10.00. The molecular formula is C15H11Cl2FO. The van der Waals surface area contributed by atoms with Crippen LogP contribution in [0, 0.1) is 5.82 Å². The number of carbonyl (C=O) groups is 1. The van der Waals surface area contributed by atoms with Crippen LogP contribution in [0.4, 0.5) is 4.39 Å². The molecule has 0 aliphatic carbocycles. The van der Waals surface area contributed by atoms with Gasteiger partial charge in [0.25, 0.3) is 0 Å². The first-order valence-electron chi connectivity index (χ1n) is 5.74. The molecular weight excluding hydrogens is 286 g/mol. The number of carbonyl (C=O) groups excluding carboxylic acids is 1. The predicted octanol–water partition coefficient (Wildman–Crippen LogP) is 4.49. The van der Waals surface area contributed by atoms with Gasteiger partial charge in [0.1, 0.15) is 11.6 Å². The highest BCUT2D eigenvalue weighted by molar-refractivity contribution is 6.30. The van der Waals surface area contributed by atoms with Crippen molar-refractivity contribution in [1.82, 2.24) is 0 Å². The summed E-state index contributed by atoms with van der Waals surface area (Å²) in [5, 5.41) is 0.950. The quantitative estimate of drug-likeness (QED) is 0.812. The lowest BCUT2D eigenvalue weighted by atomic mass is 10.0. The Morgan fingerprint density at radius 2 is 1.58 bits per heavy atom. The number of ketones is 1. The summed E-state index contributed by atoms with van der Waals surface area (Å²) in [5.74, 6) is -0.500. The predicted molar refractivity (Wildman–Crippen MR) is 75.3 cm³/mol. The Balaban J connectivity index is 2.03. The van der Waals surface area contributed by atoms with Gasteiger partial charge < -0.3 is 0 Å². The van der Waals surface area contributed by atoms with Crippen LogP contribution in [0.5, 0.6) is 0 Å². The first kappa shape index (κ1) is 14.0. The van der Waals surface area contributed by atoms with E-state index >= 15 is 0 Å². The largest absolute Gasteiger partial charge is 0.299 e. The van der Waals surface area contributed by atoms with Crippen molar-refractivity contribution < 1.29 is 9.18 Å². The van der Waals surface area contributed by atoms with E-state index in [0.29, 0.717) is 15.6 Å². The molecule has 0 fully saturated rings. The Morgan fingerprint density at radius 1 is 0.947 bits per heavy atom. The summed E-state index contributed by atoms with van der Waals surface area (Å²) in [5.41, 5.74) is 1.23. The first-order valence-corrected chi connectivity index (χ1v) is 6.50. The Morgan fingerprint density at radius 3 is 2.21 bits per heavy atom. The lowest BCUT2D eigenvalue weighted by Crippen LogP contribution is -2.07. The molecule has 1 nitrogen and oxygen atoms in total. The highest BCUT2D eigenvalue weighted by atomic mass is 35.5. The molecule has 0 aliphatic rings. The fraction of sp³-hybridized carbons (Fsp3) is 0.133. The number of hydrogen-bond acceptors (Lipinski definition) is 1. The zero-order chi connectivity index (χ0) is 13.8. The average Bonchev–Trinajstić information content (AvgIpc) is 2.36. The third-order valence-electron chi connectivity index (χ3n) is 2.72. The van der Waals surface area contributed by atoms with E-state index in [9.17, 15) is 9.18 Å². The number of Topliss-reactive ketones (excluding diaryl/α,β-unsaturated/α-hetero) is 1. The van der Waals surface area contributed by atoms with Gasteiger partial charge in [-0.3, -0.25) is 4.79 Å². The number of rotatable bonds is 4. The molecule has 2 aromatic rings. The van der Waals surface area contributed by atoms with Gasteiger partial charge in [0.2, 0.25) is 0 Å². The molecule has 0 bridgehead atoms. The number of benzene rings is 2. The van der Waals surface area contributed by atoms with Crippen LogP contribution in [-0.2, 0) is 17.6 Å². The maximum atomic E-state index is 13.5. The Bertz CT molecular complexity index is 594. The summed E-state index contributed by atoms with van der Waals surface area (Å²) >= 11 is 11.4. The topological polar surface area (TPSA) is 17.1 Å². The van der Waals surface area contributed by atoms with Crippen molar-refractivity contribution in [3.05, 3.63) is 69.5 Å². The van der Waals surface area contributed by atoms with Crippen LogP contribution >= 0.6 is 23.2 Å². The molecule has 0 heterocycles. The van der Waals surface area contributed by atoms with E-state index in [1.165, 1.54) is 12.1 Å². The van der Waals surface area contributed by atoms with Gasteiger partial charge in [0.05, 0.1) is 0 Å². The van der Waals surface area contributed by atoms with Crippen LogP contribution in [0.1, 0.15) is 11.1 Å². The zero-order valence-corrected chi connectivity index (χ0v) is 11.5. The molecule has 19 heavy (non-hydrogen) atoms. The van der Waals surface area contributed by atoms with Crippen molar-refractivity contribution in [2.75, 3.05) is 0 Å². The third-order valence-corrected chi connectivity index (χ3v) is 3.20. The van der Waals surface area contributed by atoms with E-state index in [0.717, 1.165) is 5.56 Å². The maximum Gasteiger partial charge on any atom is 0.141 e. The van der Waals surface area contributed by atoms with Gasteiger partial charge in [-0.1, -0.05) is 41.4 Å². The molecule has 0 N–H and O–H groups in total. The maximum absolute atomic E-state index is 13.5. The van der Waals surface area contributed by atoms with Gasteiger partial charge in [0, 0.05) is 22.9 Å². The second-order valence-corrected chi connectivity index (χ2v) is 5.13. The van der Waals surface area contributed by atoms with Crippen LogP contribution in [0.15, 0.2) is 42.5 Å². The van der Waals surface area contributed by atoms with Crippen molar-refractivity contribution in [1.29, 1.82) is 0 Å². The van der Waals surface area contributed by atoms with E-state index in [2.05, 4.69) is 0 Å². The molecule has 0 atom stereocenters. The van der Waals surface area contributed by atoms with Crippen LogP contribution in [0.25, 0.3) is 0 Å². The highest BCUT2D eigenvalue weighted by Crippen LogP contribution is 2.16. The summed E-state index contributed by atoms with van der Waals surface area (Å²) < 4.78 is 13.5. The van der Waals surface area contributed by atoms with Crippen LogP contribution < -0.4 is 0 Å². The van der Waals surface area contributed by atoms with E-state index < -0.39 is 5.82 Å². The number of halogens is 3. The molecule has 0 saturated carbocycles. The summed E-state index contributed by atoms with van der Waals surface area (Å²) in [7, 11) is 0. The fourth-order valence-electron chi connectivity index (χ4n) is 1.77. The normalized spacial score (nSPS) is 10.5. The Labute approximate surface area is 121 Å². The molecule has 4 heteroatoms. The van der Waals surface area contributed by atoms with Gasteiger partial charge in [-0.15, -0.1) is 0 Å². The molecule has 0 unspecified atom stereocenters. The van der Waals surface area contributed by atoms with Crippen LogP contribution in [0.3, 0.4) is 0 Å². The van der Waals surface area contributed by atoms with Gasteiger partial charge in [-0.05, 0) is 35.4 Å². The Kier molecular flexibility index (Phi) is 4.56. The van der Waals surface area contributed by atoms with Gasteiger partial charge in [-0.2, -0.15) is 0 Å². The summed E-state index contributed by atoms with van der Waals surface area (Å²) in [4.78, 5) is 11.9. The molecule has 0 aliphatic heterocycles. The van der Waals surface area contributed by atoms with E-state index in [1.54, 1.807) is 30.3 Å². The van der Waals surface area contributed by atoms with Crippen molar-refractivity contribution >= 4 is 29.0 Å². The lowest BCUT2D eigenvalue weighted by molar-refractivity contribution is -0.117. The van der Waals surface area contributed by atoms with Crippen molar-refractivity contribution in [2.24, 2.45) is 0 Å². The van der Waals surface area contributed by atoms with Crippen LogP contribution in [-0.4, -0.2) is 5.78 Å². The van der Waals surface area contributed by atoms with Crippen LogP contribution in [0.2, 0.25) is 10.0 Å². The van der Waals surface area contributed by atoms with Crippen molar-refractivity contribution in [2.45, 2.75) is 12.8 Å². The number of hydrogen-bond donors (Lipinski definition) is 0. The molecule has 2 aromatic carbocycles. The molecule has 0 radical (unpaired) electrons. The molecule has 0 saturated heterocycles. The molecule has 2 rings (SSSR count). The molecule has 98 valence electrons. The van der Waals surface area contributed by atoms with Gasteiger partial charge in [0.15, 0.2) is 0 Å². The van der Waals surface area contributed by atoms with Crippen molar-refractivity contribution in [3.63, 3.8) is 0 Å². The highest BCUT2D eigenvalue weighted by Gasteiger charge is 2.09. The standard InChI is InChI=1S/C15H11Cl2FO/c16-12-4-1-10(2-5-12)7-14(19)8-11-3-6-13(17)9-15(11)18/h1-6,9H,7-8H2. The van der Waals surface area contributed by atoms with Gasteiger partial charge >= 0.3 is 0 Å². The van der Waals surface area contributed by atoms with E-state index in [-0.39, 0.29) is 18.6 Å². The Hall–Kier alpha value is -1.38. The monoisotopic (exact) mass is 296 g/mol. The van der Waals surface area contributed by atoms with Crippen molar-refractivity contribution in [3.8, 4) is 0 Å². The van der Waals surface area contributed by atoms with E-state index in [1.807, 2.05) is 0 Å². The minimum atomic E-state index is -0.447. The molecule has 0 spiro atoms. The second-order valence-electron chi connectivity index (χ2n) is 4.25. The summed E-state index contributed by atoms with van der Waals surface area (Å²) in [6, 6.07) is 11.4. The minimum Gasteiger partial charge on any atom is -0.299 e. The average molecular weight is 297 g/mol. The first-order chi connectivity index (χ1) is 9.04. The summed E-state index contributed by atoms with van der Waals surface area (Å²) in [6.45, 7) is 0. The van der Waals surface area contributed by atoms with E-state index in [4.69, 9.17) is 23.2 Å². The second kappa shape index (κ2) is 6.18. The summed E-state index contributed by atoms with van der Waals surface area (Å²) in [6.07, 6.45) is 0.324. The smallest absolute Gasteiger partial charge is 0.141 e. The molecule has 0 amide bonds. The fourth-order valence-corrected chi connectivity index (χ4v) is 2.05. The van der Waals surface area contributed by atoms with Gasteiger partial charge in [-0.25, -0.2) is 4.39 Å². The third kappa shape index (κ3) is 4.05. The SMILES string of the molecule is O=C(Cc1ccc(Cl)cc1)Cc1ccc(Cl)cc1F. The molecule has 0 aromatic heterocycles. The lowest BCUT2D eigenvalue weighted by Gasteiger charge is -2.04.